The molecule has 0 bridgehead atoms. The lowest BCUT2D eigenvalue weighted by Crippen LogP contribution is -2.15. The van der Waals surface area contributed by atoms with Gasteiger partial charge in [0, 0.05) is 6.54 Å². The van der Waals surface area contributed by atoms with Crippen LogP contribution in [0.25, 0.3) is 0 Å². The maximum absolute atomic E-state index is 11.2. The summed E-state index contributed by atoms with van der Waals surface area (Å²) in [4.78, 5) is 17.8. The van der Waals surface area contributed by atoms with Crippen LogP contribution in [0.5, 0.6) is 0 Å². The Morgan fingerprint density at radius 1 is 1.47 bits per heavy atom. The maximum atomic E-state index is 11.2. The molecule has 1 heterocycles. The predicted molar refractivity (Wildman–Crippen MR) is 69.0 cm³/mol. The third kappa shape index (κ3) is 4.17. The number of anilines is 1. The molecule has 4 N–H and O–H groups in total. The molecule has 0 fully saturated rings. The number of nitrogens with two attached hydrogens (primary N) is 1. The van der Waals surface area contributed by atoms with Crippen molar-refractivity contribution in [2.24, 2.45) is 5.73 Å². The van der Waals surface area contributed by atoms with Crippen LogP contribution in [0.15, 0.2) is 11.1 Å². The summed E-state index contributed by atoms with van der Waals surface area (Å²) in [6, 6.07) is 0. The van der Waals surface area contributed by atoms with E-state index in [0.717, 1.165) is 32.4 Å². The second-order valence-corrected chi connectivity index (χ2v) is 4.25. The van der Waals surface area contributed by atoms with Gasteiger partial charge in [-0.15, -0.1) is 0 Å². The normalized spacial score (nSPS) is 10.3. The zero-order chi connectivity index (χ0) is 11.1. The first-order chi connectivity index (χ1) is 7.25. The summed E-state index contributed by atoms with van der Waals surface area (Å²) in [6.07, 6.45) is 4.60. The molecule has 0 saturated heterocycles. The van der Waals surface area contributed by atoms with Crippen LogP contribution in [0, 0.1) is 3.57 Å². The highest BCUT2D eigenvalue weighted by atomic mass is 127. The van der Waals surface area contributed by atoms with Gasteiger partial charge in [-0.2, -0.15) is 0 Å². The minimum Gasteiger partial charge on any atom is -0.369 e. The third-order valence-corrected chi connectivity index (χ3v) is 2.97. The van der Waals surface area contributed by atoms with E-state index >= 15 is 0 Å². The summed E-state index contributed by atoms with van der Waals surface area (Å²) in [5.41, 5.74) is 5.28. The summed E-state index contributed by atoms with van der Waals surface area (Å²) in [5, 5.41) is 3.13. The zero-order valence-electron chi connectivity index (χ0n) is 8.42. The van der Waals surface area contributed by atoms with Crippen LogP contribution < -0.4 is 16.6 Å². The number of aromatic nitrogens is 2. The number of H-pyrrole nitrogens is 1. The Kier molecular flexibility index (Phi) is 5.62. The molecule has 0 unspecified atom stereocenters. The van der Waals surface area contributed by atoms with Gasteiger partial charge in [-0.3, -0.25) is 4.79 Å². The number of hydrogen-bond donors (Lipinski definition) is 3. The molecule has 0 amide bonds. The van der Waals surface area contributed by atoms with Crippen molar-refractivity contribution in [1.82, 2.24) is 9.97 Å². The van der Waals surface area contributed by atoms with Crippen molar-refractivity contribution in [2.75, 3.05) is 18.4 Å². The van der Waals surface area contributed by atoms with Crippen molar-refractivity contribution in [2.45, 2.75) is 19.3 Å². The van der Waals surface area contributed by atoms with E-state index < -0.39 is 0 Å². The second-order valence-electron chi connectivity index (χ2n) is 3.17. The number of rotatable bonds is 6. The van der Waals surface area contributed by atoms with Crippen molar-refractivity contribution in [3.8, 4) is 0 Å². The molecular formula is C9H15IN4O. The number of nitrogens with one attached hydrogen (secondary N) is 2. The molecule has 0 saturated carbocycles. The fourth-order valence-electron chi connectivity index (χ4n) is 1.16. The van der Waals surface area contributed by atoms with Crippen LogP contribution in [0.2, 0.25) is 0 Å². The molecule has 1 aromatic rings. The van der Waals surface area contributed by atoms with Crippen LogP contribution in [0.1, 0.15) is 19.3 Å². The Bertz CT molecular complexity index is 352. The van der Waals surface area contributed by atoms with Gasteiger partial charge in [-0.05, 0) is 42.0 Å². The lowest BCUT2D eigenvalue weighted by atomic mass is 10.2. The molecule has 0 spiro atoms. The molecule has 0 aliphatic heterocycles. The summed E-state index contributed by atoms with van der Waals surface area (Å²) < 4.78 is 0.605. The summed E-state index contributed by atoms with van der Waals surface area (Å²) in [7, 11) is 0. The van der Waals surface area contributed by atoms with Gasteiger partial charge in [0.25, 0.3) is 5.56 Å². The highest BCUT2D eigenvalue weighted by Gasteiger charge is 2.03. The van der Waals surface area contributed by atoms with Crippen LogP contribution in [0.4, 0.5) is 5.82 Å². The van der Waals surface area contributed by atoms with E-state index in [0.29, 0.717) is 9.39 Å². The summed E-state index contributed by atoms with van der Waals surface area (Å²) in [5.74, 6) is 0.659. The number of hydrogen-bond acceptors (Lipinski definition) is 4. The third-order valence-electron chi connectivity index (χ3n) is 1.97. The minimum absolute atomic E-state index is 0.102. The molecule has 6 heteroatoms. The molecule has 15 heavy (non-hydrogen) atoms. The quantitative estimate of drug-likeness (QED) is 0.537. The monoisotopic (exact) mass is 322 g/mol. The number of halogens is 1. The van der Waals surface area contributed by atoms with Gasteiger partial charge in [0.1, 0.15) is 9.39 Å². The Morgan fingerprint density at radius 2 is 2.27 bits per heavy atom. The highest BCUT2D eigenvalue weighted by molar-refractivity contribution is 14.1. The van der Waals surface area contributed by atoms with E-state index in [4.69, 9.17) is 5.73 Å². The lowest BCUT2D eigenvalue weighted by molar-refractivity contribution is 0.706. The molecule has 84 valence electrons. The Hall–Kier alpha value is -0.630. The predicted octanol–water partition coefficient (Wildman–Crippen LogP) is 0.915. The van der Waals surface area contributed by atoms with Gasteiger partial charge < -0.3 is 16.0 Å². The topological polar surface area (TPSA) is 83.8 Å². The van der Waals surface area contributed by atoms with Crippen molar-refractivity contribution < 1.29 is 0 Å². The summed E-state index contributed by atoms with van der Waals surface area (Å²) >= 11 is 1.98. The Morgan fingerprint density at radius 3 is 3.00 bits per heavy atom. The van der Waals surface area contributed by atoms with Crippen molar-refractivity contribution in [3.63, 3.8) is 0 Å². The lowest BCUT2D eigenvalue weighted by Gasteiger charge is -2.05. The molecular weight excluding hydrogens is 307 g/mol. The van der Waals surface area contributed by atoms with Crippen molar-refractivity contribution in [3.05, 3.63) is 20.3 Å². The van der Waals surface area contributed by atoms with Gasteiger partial charge in [-0.1, -0.05) is 6.42 Å². The molecule has 0 aliphatic carbocycles. The standard InChI is InChI=1S/C9H15IN4O/c10-7-8(13-6-14-9(7)15)12-5-3-1-2-4-11/h6H,1-5,11H2,(H2,12,13,14,15). The van der Waals surface area contributed by atoms with Gasteiger partial charge in [0.05, 0.1) is 6.33 Å². The van der Waals surface area contributed by atoms with E-state index in [-0.39, 0.29) is 5.56 Å². The SMILES string of the molecule is NCCCCCNc1nc[nH]c(=O)c1I. The Labute approximate surface area is 102 Å². The minimum atomic E-state index is -0.102. The largest absolute Gasteiger partial charge is 0.369 e. The molecule has 0 aliphatic rings. The van der Waals surface area contributed by atoms with Crippen LogP contribution in [0.3, 0.4) is 0 Å². The zero-order valence-corrected chi connectivity index (χ0v) is 10.6. The number of nitrogens with zero attached hydrogens (tertiary/aromatic N) is 1. The first-order valence-corrected chi connectivity index (χ1v) is 6.00. The number of aromatic amines is 1. The average molecular weight is 322 g/mol. The molecule has 1 aromatic heterocycles. The van der Waals surface area contributed by atoms with Crippen LogP contribution in [-0.4, -0.2) is 23.1 Å². The van der Waals surface area contributed by atoms with Crippen LogP contribution >= 0.6 is 22.6 Å². The molecule has 0 aromatic carbocycles. The van der Waals surface area contributed by atoms with Crippen molar-refractivity contribution in [1.29, 1.82) is 0 Å². The molecule has 5 nitrogen and oxygen atoms in total. The van der Waals surface area contributed by atoms with E-state index in [1.54, 1.807) is 0 Å². The van der Waals surface area contributed by atoms with E-state index in [1.807, 2.05) is 22.6 Å². The fourth-order valence-corrected chi connectivity index (χ4v) is 1.64. The second kappa shape index (κ2) is 6.78. The highest BCUT2D eigenvalue weighted by Crippen LogP contribution is 2.08. The molecule has 0 radical (unpaired) electrons. The van der Waals surface area contributed by atoms with E-state index in [1.165, 1.54) is 6.33 Å². The van der Waals surface area contributed by atoms with Gasteiger partial charge in [0.2, 0.25) is 0 Å². The molecule has 0 atom stereocenters. The first kappa shape index (κ1) is 12.4. The van der Waals surface area contributed by atoms with Gasteiger partial charge in [-0.25, -0.2) is 4.98 Å². The van der Waals surface area contributed by atoms with Crippen molar-refractivity contribution >= 4 is 28.4 Å². The molecule has 1 rings (SSSR count). The fraction of sp³-hybridized carbons (Fsp3) is 0.556. The van der Waals surface area contributed by atoms with Gasteiger partial charge in [0.15, 0.2) is 0 Å². The van der Waals surface area contributed by atoms with E-state index in [2.05, 4.69) is 15.3 Å². The van der Waals surface area contributed by atoms with E-state index in [9.17, 15) is 4.79 Å². The average Bonchev–Trinajstić information content (AvgIpc) is 2.24. The van der Waals surface area contributed by atoms with Crippen LogP contribution in [-0.2, 0) is 0 Å². The Balaban J connectivity index is 2.38. The summed E-state index contributed by atoms with van der Waals surface area (Å²) in [6.45, 7) is 1.56. The number of unbranched alkanes of at least 4 members (excludes halogenated alkanes) is 2. The first-order valence-electron chi connectivity index (χ1n) is 4.93. The van der Waals surface area contributed by atoms with Gasteiger partial charge >= 0.3 is 0 Å². The smallest absolute Gasteiger partial charge is 0.266 e. The maximum Gasteiger partial charge on any atom is 0.266 e.